The van der Waals surface area contributed by atoms with E-state index in [1.54, 1.807) is 36.4 Å². The second kappa shape index (κ2) is 12.6. The highest BCUT2D eigenvalue weighted by Crippen LogP contribution is 2.24. The number of morpholine rings is 1. The molecule has 1 aliphatic rings. The number of sulfonamides is 2. The molecule has 0 aliphatic carbocycles. The van der Waals surface area contributed by atoms with Crippen LogP contribution in [0.5, 0.6) is 11.5 Å². The van der Waals surface area contributed by atoms with Crippen molar-refractivity contribution >= 4 is 31.6 Å². The summed E-state index contributed by atoms with van der Waals surface area (Å²) in [6.07, 6.45) is 1.04. The number of ether oxygens (including phenoxy) is 3. The summed E-state index contributed by atoms with van der Waals surface area (Å²) in [7, 11) is -7.34. The van der Waals surface area contributed by atoms with Crippen molar-refractivity contribution in [1.29, 1.82) is 0 Å². The summed E-state index contributed by atoms with van der Waals surface area (Å²) in [5.74, 6) is 0.547. The highest BCUT2D eigenvalue weighted by molar-refractivity contribution is 7.92. The maximum atomic E-state index is 12.7. The van der Waals surface area contributed by atoms with Crippen molar-refractivity contribution in [3.05, 3.63) is 48.5 Å². The van der Waals surface area contributed by atoms with E-state index in [2.05, 4.69) is 5.32 Å². The first-order chi connectivity index (χ1) is 17.5. The van der Waals surface area contributed by atoms with Gasteiger partial charge in [-0.3, -0.25) is 9.10 Å². The molecule has 0 radical (unpaired) electrons. The van der Waals surface area contributed by atoms with E-state index in [4.69, 9.17) is 14.2 Å². The fraction of sp³-hybridized carbons (Fsp3) is 0.458. The third-order valence-electron chi connectivity index (χ3n) is 5.59. The predicted molar refractivity (Wildman–Crippen MR) is 139 cm³/mol. The zero-order chi connectivity index (χ0) is 27.1. The number of amides is 1. The quantitative estimate of drug-likeness (QED) is 0.390. The van der Waals surface area contributed by atoms with Crippen LogP contribution < -0.4 is 19.1 Å². The second-order valence-electron chi connectivity index (χ2n) is 8.29. The van der Waals surface area contributed by atoms with E-state index in [0.717, 1.165) is 10.6 Å². The number of benzene rings is 2. The molecule has 1 amide bonds. The van der Waals surface area contributed by atoms with Crippen molar-refractivity contribution in [3.8, 4) is 11.5 Å². The van der Waals surface area contributed by atoms with Crippen LogP contribution in [0, 0.1) is 0 Å². The lowest BCUT2D eigenvalue weighted by atomic mass is 10.2. The van der Waals surface area contributed by atoms with E-state index in [0.29, 0.717) is 50.1 Å². The highest BCUT2D eigenvalue weighted by atomic mass is 32.2. The summed E-state index contributed by atoms with van der Waals surface area (Å²) in [6.45, 7) is 5.42. The van der Waals surface area contributed by atoms with Crippen LogP contribution in [0.4, 0.5) is 5.69 Å². The molecule has 11 nitrogen and oxygen atoms in total. The number of carbonyl (C=O) groups is 1. The monoisotopic (exact) mass is 555 g/mol. The number of nitrogens with one attached hydrogen (secondary N) is 1. The molecule has 0 unspecified atom stereocenters. The standard InChI is InChI=1S/C24H33N3O8S2/c1-4-34-21-7-5-20(6-8-21)27(36(3,29)30)19(2)24(28)25-13-16-35-22-9-11-23(12-10-22)37(31,32)26-14-17-33-18-15-26/h5-12,19H,4,13-18H2,1-3H3,(H,25,28)/t19-/m0/s1. The van der Waals surface area contributed by atoms with Crippen LogP contribution in [0.25, 0.3) is 0 Å². The lowest BCUT2D eigenvalue weighted by molar-refractivity contribution is -0.121. The lowest BCUT2D eigenvalue weighted by Crippen LogP contribution is -2.48. The number of carbonyl (C=O) groups excluding carboxylic acids is 1. The largest absolute Gasteiger partial charge is 0.494 e. The maximum Gasteiger partial charge on any atom is 0.243 e. The van der Waals surface area contributed by atoms with Gasteiger partial charge in [0.2, 0.25) is 26.0 Å². The molecule has 1 N–H and O–H groups in total. The molecule has 0 bridgehead atoms. The van der Waals surface area contributed by atoms with Gasteiger partial charge in [-0.15, -0.1) is 0 Å². The average Bonchev–Trinajstić information content (AvgIpc) is 2.88. The molecule has 3 rings (SSSR count). The van der Waals surface area contributed by atoms with Gasteiger partial charge in [0.05, 0.1) is 43.2 Å². The average molecular weight is 556 g/mol. The summed E-state index contributed by atoms with van der Waals surface area (Å²) >= 11 is 0. The van der Waals surface area contributed by atoms with Crippen LogP contribution >= 0.6 is 0 Å². The first-order valence-electron chi connectivity index (χ1n) is 11.8. The van der Waals surface area contributed by atoms with Gasteiger partial charge in [-0.25, -0.2) is 16.8 Å². The van der Waals surface area contributed by atoms with E-state index < -0.39 is 32.0 Å². The molecular formula is C24H33N3O8S2. The number of hydrogen-bond acceptors (Lipinski definition) is 8. The predicted octanol–water partition coefficient (Wildman–Crippen LogP) is 1.46. The van der Waals surface area contributed by atoms with Crippen molar-refractivity contribution in [2.45, 2.75) is 24.8 Å². The van der Waals surface area contributed by atoms with E-state index in [-0.39, 0.29) is 18.0 Å². The van der Waals surface area contributed by atoms with Crippen LogP contribution in [0.2, 0.25) is 0 Å². The summed E-state index contributed by atoms with van der Waals surface area (Å²) in [5.41, 5.74) is 0.344. The van der Waals surface area contributed by atoms with E-state index in [1.807, 2.05) is 6.92 Å². The van der Waals surface area contributed by atoms with Gasteiger partial charge in [-0.2, -0.15) is 4.31 Å². The number of nitrogens with zero attached hydrogens (tertiary/aromatic N) is 2. The molecule has 2 aromatic carbocycles. The number of hydrogen-bond donors (Lipinski definition) is 1. The zero-order valence-corrected chi connectivity index (χ0v) is 22.8. The summed E-state index contributed by atoms with van der Waals surface area (Å²) < 4.78 is 68.9. The van der Waals surface area contributed by atoms with E-state index in [9.17, 15) is 21.6 Å². The van der Waals surface area contributed by atoms with Crippen molar-refractivity contribution < 1.29 is 35.8 Å². The van der Waals surface area contributed by atoms with Gasteiger partial charge in [-0.1, -0.05) is 0 Å². The van der Waals surface area contributed by atoms with Crippen molar-refractivity contribution in [3.63, 3.8) is 0 Å². The molecule has 0 saturated carbocycles. The Hall–Kier alpha value is -2.87. The Balaban J connectivity index is 1.53. The number of anilines is 1. The molecule has 1 aliphatic heterocycles. The summed E-state index contributed by atoms with van der Waals surface area (Å²) in [6, 6.07) is 11.5. The van der Waals surface area contributed by atoms with Gasteiger partial charge >= 0.3 is 0 Å². The molecule has 0 aromatic heterocycles. The zero-order valence-electron chi connectivity index (χ0n) is 21.1. The molecule has 2 aromatic rings. The van der Waals surface area contributed by atoms with Crippen LogP contribution in [0.1, 0.15) is 13.8 Å². The smallest absolute Gasteiger partial charge is 0.243 e. The highest BCUT2D eigenvalue weighted by Gasteiger charge is 2.29. The fourth-order valence-corrected chi connectivity index (χ4v) is 6.38. The molecule has 1 fully saturated rings. The number of rotatable bonds is 12. The SMILES string of the molecule is CCOc1ccc(N([C@@H](C)C(=O)NCCOc2ccc(S(=O)(=O)N3CCOCC3)cc2)S(C)(=O)=O)cc1. The minimum Gasteiger partial charge on any atom is -0.494 e. The van der Waals surface area contributed by atoms with Crippen LogP contribution in [-0.2, 0) is 29.6 Å². The normalized spacial score (nSPS) is 15.5. The van der Waals surface area contributed by atoms with Crippen LogP contribution in [0.15, 0.2) is 53.4 Å². The molecule has 0 spiro atoms. The van der Waals surface area contributed by atoms with Gasteiger partial charge in [0.25, 0.3) is 0 Å². The van der Waals surface area contributed by atoms with Gasteiger partial charge in [0.15, 0.2) is 0 Å². The molecule has 37 heavy (non-hydrogen) atoms. The minimum absolute atomic E-state index is 0.107. The first-order valence-corrected chi connectivity index (χ1v) is 15.1. The fourth-order valence-electron chi connectivity index (χ4n) is 3.80. The maximum absolute atomic E-state index is 12.7. The lowest BCUT2D eigenvalue weighted by Gasteiger charge is -2.28. The second-order valence-corrected chi connectivity index (χ2v) is 12.1. The molecule has 13 heteroatoms. The molecule has 1 atom stereocenters. The van der Waals surface area contributed by atoms with Gasteiger partial charge in [0, 0.05) is 13.1 Å². The first kappa shape index (κ1) is 28.7. The minimum atomic E-state index is -3.74. The van der Waals surface area contributed by atoms with Crippen LogP contribution in [0.3, 0.4) is 0 Å². The topological polar surface area (TPSA) is 132 Å². The Kier molecular flexibility index (Phi) is 9.76. The van der Waals surface area contributed by atoms with E-state index in [1.165, 1.54) is 23.4 Å². The molecule has 1 saturated heterocycles. The van der Waals surface area contributed by atoms with Crippen molar-refractivity contribution in [2.75, 3.05) is 56.6 Å². The van der Waals surface area contributed by atoms with Crippen molar-refractivity contribution in [1.82, 2.24) is 9.62 Å². The van der Waals surface area contributed by atoms with Gasteiger partial charge < -0.3 is 19.5 Å². The van der Waals surface area contributed by atoms with E-state index >= 15 is 0 Å². The third-order valence-corrected chi connectivity index (χ3v) is 8.75. The summed E-state index contributed by atoms with van der Waals surface area (Å²) in [4.78, 5) is 12.9. The van der Waals surface area contributed by atoms with Gasteiger partial charge in [0.1, 0.15) is 24.1 Å². The Bertz CT molecular complexity index is 1240. The molecule has 204 valence electrons. The van der Waals surface area contributed by atoms with Crippen molar-refractivity contribution in [2.24, 2.45) is 0 Å². The Morgan fingerprint density at radius 2 is 1.57 bits per heavy atom. The third kappa shape index (κ3) is 7.57. The molecular weight excluding hydrogens is 522 g/mol. The van der Waals surface area contributed by atoms with Crippen LogP contribution in [-0.4, -0.2) is 85.4 Å². The Labute approximate surface area is 218 Å². The Morgan fingerprint density at radius 3 is 2.14 bits per heavy atom. The summed E-state index contributed by atoms with van der Waals surface area (Å²) in [5, 5.41) is 2.68. The van der Waals surface area contributed by atoms with Gasteiger partial charge in [-0.05, 0) is 62.4 Å². The molecule has 1 heterocycles. The Morgan fingerprint density at radius 1 is 1.00 bits per heavy atom.